The van der Waals surface area contributed by atoms with E-state index in [-0.39, 0.29) is 0 Å². The van der Waals surface area contributed by atoms with Crippen molar-refractivity contribution in [2.24, 2.45) is 0 Å². The van der Waals surface area contributed by atoms with Crippen LogP contribution in [-0.4, -0.2) is 0 Å². The average molecular weight is 661 g/mol. The summed E-state index contributed by atoms with van der Waals surface area (Å²) < 4.78 is 6.54. The monoisotopic (exact) mass is 660 g/mol. The largest absolute Gasteiger partial charge is 0.456 e. The van der Waals surface area contributed by atoms with Gasteiger partial charge in [0.2, 0.25) is 0 Å². The van der Waals surface area contributed by atoms with Gasteiger partial charge in [0.25, 0.3) is 0 Å². The van der Waals surface area contributed by atoms with E-state index in [2.05, 4.69) is 188 Å². The van der Waals surface area contributed by atoms with Crippen LogP contribution in [0, 0.1) is 0 Å². The van der Waals surface area contributed by atoms with Gasteiger partial charge in [-0.1, -0.05) is 158 Å². The standard InChI is InChI=1S/C51H32O/c1-4-15-33(16-5-1)43-30-36(39-27-28-48-50-41(39)24-14-25-42(50)40-23-12-13-26-47(40)52-48)32-46-49(43)44-29-34-17-10-11-18-35(34)31-45(44)51(46,37-19-6-2-7-20-37)38-21-8-3-9-22-38/h1-32H. The molecule has 0 N–H and O–H groups in total. The summed E-state index contributed by atoms with van der Waals surface area (Å²) in [6.07, 6.45) is 0. The van der Waals surface area contributed by atoms with E-state index in [0.29, 0.717) is 0 Å². The van der Waals surface area contributed by atoms with Crippen molar-refractivity contribution in [1.82, 2.24) is 0 Å². The maximum absolute atomic E-state index is 6.54. The zero-order valence-corrected chi connectivity index (χ0v) is 28.4. The number of para-hydroxylation sites is 1. The van der Waals surface area contributed by atoms with Crippen molar-refractivity contribution in [2.45, 2.75) is 5.41 Å². The van der Waals surface area contributed by atoms with Gasteiger partial charge in [0, 0.05) is 10.9 Å². The summed E-state index contributed by atoms with van der Waals surface area (Å²) in [6, 6.07) is 71.2. The van der Waals surface area contributed by atoms with Crippen molar-refractivity contribution >= 4 is 21.5 Å². The highest BCUT2D eigenvalue weighted by Gasteiger charge is 2.47. The van der Waals surface area contributed by atoms with Crippen molar-refractivity contribution in [3.8, 4) is 56.0 Å². The van der Waals surface area contributed by atoms with Gasteiger partial charge >= 0.3 is 0 Å². The molecule has 1 aliphatic carbocycles. The quantitative estimate of drug-likeness (QED) is 0.183. The molecule has 0 saturated heterocycles. The third-order valence-electron chi connectivity index (χ3n) is 11.3. The maximum atomic E-state index is 6.54. The highest BCUT2D eigenvalue weighted by atomic mass is 16.5. The molecular formula is C51H32O. The number of hydrogen-bond acceptors (Lipinski definition) is 1. The first-order valence-corrected chi connectivity index (χ1v) is 18.0. The number of ether oxygens (including phenoxy) is 1. The van der Waals surface area contributed by atoms with Crippen LogP contribution in [0.25, 0.3) is 66.1 Å². The molecule has 0 aromatic heterocycles. The highest BCUT2D eigenvalue weighted by Crippen LogP contribution is 2.60. The van der Waals surface area contributed by atoms with E-state index in [4.69, 9.17) is 4.74 Å². The SMILES string of the molecule is c1ccc(-c2cc(-c3ccc4c5c(cccc35)-c3ccccc3O4)cc3c2-c2cc4ccccc4cc2C3(c2ccccc2)c2ccccc2)cc1. The molecule has 0 spiro atoms. The Morgan fingerprint density at radius 3 is 1.73 bits per heavy atom. The fraction of sp³-hybridized carbons (Fsp3) is 0.0196. The first-order valence-electron chi connectivity index (χ1n) is 18.0. The van der Waals surface area contributed by atoms with Gasteiger partial charge in [0.15, 0.2) is 0 Å². The van der Waals surface area contributed by atoms with E-state index < -0.39 is 5.41 Å². The molecule has 0 saturated carbocycles. The van der Waals surface area contributed by atoms with Crippen molar-refractivity contribution in [2.75, 3.05) is 0 Å². The fourth-order valence-corrected chi connectivity index (χ4v) is 9.13. The van der Waals surface area contributed by atoms with E-state index in [1.807, 2.05) is 6.07 Å². The lowest BCUT2D eigenvalue weighted by Crippen LogP contribution is -2.28. The first-order chi connectivity index (χ1) is 25.8. The van der Waals surface area contributed by atoms with Gasteiger partial charge in [-0.3, -0.25) is 0 Å². The minimum atomic E-state index is -0.550. The van der Waals surface area contributed by atoms with Crippen molar-refractivity contribution in [3.05, 3.63) is 216 Å². The van der Waals surface area contributed by atoms with E-state index in [1.54, 1.807) is 0 Å². The molecule has 242 valence electrons. The second kappa shape index (κ2) is 11.2. The lowest BCUT2D eigenvalue weighted by atomic mass is 9.67. The molecule has 52 heavy (non-hydrogen) atoms. The van der Waals surface area contributed by atoms with Crippen LogP contribution in [0.15, 0.2) is 194 Å². The number of benzene rings is 9. The van der Waals surface area contributed by atoms with Gasteiger partial charge in [0.1, 0.15) is 11.5 Å². The Balaban J connectivity index is 1.30. The van der Waals surface area contributed by atoms with Gasteiger partial charge in [-0.15, -0.1) is 0 Å². The minimum absolute atomic E-state index is 0.550. The summed E-state index contributed by atoms with van der Waals surface area (Å²) in [5.74, 6) is 1.80. The predicted molar refractivity (Wildman–Crippen MR) is 215 cm³/mol. The molecule has 0 radical (unpaired) electrons. The molecule has 2 aliphatic rings. The van der Waals surface area contributed by atoms with E-state index in [1.165, 1.54) is 77.4 Å². The lowest BCUT2D eigenvalue weighted by molar-refractivity contribution is 0.487. The zero-order valence-electron chi connectivity index (χ0n) is 28.4. The third kappa shape index (κ3) is 4.05. The molecule has 1 heteroatoms. The average Bonchev–Trinajstić information content (AvgIpc) is 3.50. The Hall–Kier alpha value is -6.70. The van der Waals surface area contributed by atoms with Crippen LogP contribution in [-0.2, 0) is 5.41 Å². The van der Waals surface area contributed by atoms with Crippen LogP contribution in [0.1, 0.15) is 22.3 Å². The smallest absolute Gasteiger partial charge is 0.135 e. The molecule has 1 nitrogen and oxygen atoms in total. The van der Waals surface area contributed by atoms with Crippen LogP contribution in [0.2, 0.25) is 0 Å². The van der Waals surface area contributed by atoms with Gasteiger partial charge in [-0.25, -0.2) is 0 Å². The summed E-state index contributed by atoms with van der Waals surface area (Å²) in [7, 11) is 0. The summed E-state index contributed by atoms with van der Waals surface area (Å²) >= 11 is 0. The molecule has 0 amide bonds. The van der Waals surface area contributed by atoms with Gasteiger partial charge in [0.05, 0.1) is 5.41 Å². The molecule has 9 aromatic rings. The molecule has 0 unspecified atom stereocenters. The van der Waals surface area contributed by atoms with Crippen LogP contribution < -0.4 is 4.74 Å². The molecule has 11 rings (SSSR count). The second-order valence-electron chi connectivity index (χ2n) is 14.0. The molecule has 0 fully saturated rings. The summed E-state index contributed by atoms with van der Waals surface area (Å²) in [5, 5.41) is 4.84. The molecule has 0 atom stereocenters. The van der Waals surface area contributed by atoms with Gasteiger partial charge in [-0.2, -0.15) is 0 Å². The Morgan fingerprint density at radius 2 is 0.981 bits per heavy atom. The van der Waals surface area contributed by atoms with E-state index in [0.717, 1.165) is 22.4 Å². The Kier molecular flexibility index (Phi) is 6.23. The first kappa shape index (κ1) is 29.1. The van der Waals surface area contributed by atoms with Crippen molar-refractivity contribution < 1.29 is 4.74 Å². The molecule has 9 aromatic carbocycles. The van der Waals surface area contributed by atoms with Crippen LogP contribution >= 0.6 is 0 Å². The second-order valence-corrected chi connectivity index (χ2v) is 14.0. The van der Waals surface area contributed by atoms with E-state index >= 15 is 0 Å². The molecular weight excluding hydrogens is 629 g/mol. The lowest BCUT2D eigenvalue weighted by Gasteiger charge is -2.34. The third-order valence-corrected chi connectivity index (χ3v) is 11.3. The van der Waals surface area contributed by atoms with Crippen molar-refractivity contribution in [3.63, 3.8) is 0 Å². The highest BCUT2D eigenvalue weighted by molar-refractivity contribution is 6.11. The zero-order chi connectivity index (χ0) is 34.2. The summed E-state index contributed by atoms with van der Waals surface area (Å²) in [4.78, 5) is 0. The maximum Gasteiger partial charge on any atom is 0.135 e. The number of hydrogen-bond donors (Lipinski definition) is 0. The van der Waals surface area contributed by atoms with Crippen molar-refractivity contribution in [1.29, 1.82) is 0 Å². The van der Waals surface area contributed by atoms with Crippen LogP contribution in [0.4, 0.5) is 0 Å². The Bertz CT molecular complexity index is 2810. The summed E-state index contributed by atoms with van der Waals surface area (Å²) in [6.45, 7) is 0. The van der Waals surface area contributed by atoms with Crippen LogP contribution in [0.5, 0.6) is 11.5 Å². The van der Waals surface area contributed by atoms with E-state index in [9.17, 15) is 0 Å². The minimum Gasteiger partial charge on any atom is -0.456 e. The van der Waals surface area contributed by atoms with Gasteiger partial charge in [-0.05, 0) is 114 Å². The molecule has 0 bridgehead atoms. The van der Waals surface area contributed by atoms with Crippen LogP contribution in [0.3, 0.4) is 0 Å². The fourth-order valence-electron chi connectivity index (χ4n) is 9.13. The molecule has 1 aliphatic heterocycles. The molecule has 1 heterocycles. The Morgan fingerprint density at radius 1 is 0.346 bits per heavy atom. The normalized spacial score (nSPS) is 13.3. The number of rotatable bonds is 4. The Labute approximate surface area is 303 Å². The number of fused-ring (bicyclic) bond motifs is 6. The predicted octanol–water partition coefficient (Wildman–Crippen LogP) is 13.5. The summed E-state index contributed by atoms with van der Waals surface area (Å²) in [5.41, 5.74) is 14.3. The topological polar surface area (TPSA) is 9.23 Å². The van der Waals surface area contributed by atoms with Gasteiger partial charge < -0.3 is 4.74 Å².